The van der Waals surface area contributed by atoms with Gasteiger partial charge in [0.05, 0.1) is 11.7 Å². The molecule has 2 heterocycles. The molecule has 0 saturated heterocycles. The van der Waals surface area contributed by atoms with E-state index in [1.54, 1.807) is 5.38 Å². The summed E-state index contributed by atoms with van der Waals surface area (Å²) in [6, 6.07) is -0.120. The lowest BCUT2D eigenvalue weighted by molar-refractivity contribution is 0.0935. The molecule has 0 radical (unpaired) electrons. The van der Waals surface area contributed by atoms with Crippen LogP contribution in [-0.2, 0) is 6.54 Å². The van der Waals surface area contributed by atoms with Crippen molar-refractivity contribution in [1.82, 2.24) is 20.1 Å². The molecule has 0 fully saturated rings. The highest BCUT2D eigenvalue weighted by Crippen LogP contribution is 2.22. The van der Waals surface area contributed by atoms with Crippen molar-refractivity contribution in [2.24, 2.45) is 0 Å². The molecule has 0 aliphatic carbocycles. The lowest BCUT2D eigenvalue weighted by atomic mass is 10.1. The van der Waals surface area contributed by atoms with E-state index in [1.165, 1.54) is 11.3 Å². The number of aryl methyl sites for hydroxylation is 2. The van der Waals surface area contributed by atoms with Gasteiger partial charge in [0.2, 0.25) is 0 Å². The third kappa shape index (κ3) is 2.67. The molecule has 0 aliphatic rings. The number of hydrogen-bond donors (Lipinski definition) is 2. The van der Waals surface area contributed by atoms with Crippen molar-refractivity contribution in [3.63, 3.8) is 0 Å². The molecule has 1 amide bonds. The van der Waals surface area contributed by atoms with Gasteiger partial charge in [0, 0.05) is 23.2 Å². The highest BCUT2D eigenvalue weighted by atomic mass is 32.1. The van der Waals surface area contributed by atoms with Crippen molar-refractivity contribution >= 4 is 22.4 Å². The Kier molecular flexibility index (Phi) is 4.08. The number of nitrogens with two attached hydrogens (primary N) is 1. The van der Waals surface area contributed by atoms with E-state index < -0.39 is 0 Å². The van der Waals surface area contributed by atoms with Gasteiger partial charge < -0.3 is 11.1 Å². The van der Waals surface area contributed by atoms with Crippen LogP contribution >= 0.6 is 11.3 Å². The summed E-state index contributed by atoms with van der Waals surface area (Å²) in [5.41, 5.74) is 8.98. The first kappa shape index (κ1) is 14.5. The third-order valence-electron chi connectivity index (χ3n) is 3.27. The SMILES string of the molecule is CCn1nc(C)c([C@H](C)NC(=O)c2csc(N)n2)c1C. The van der Waals surface area contributed by atoms with E-state index >= 15 is 0 Å². The number of nitrogens with one attached hydrogen (secondary N) is 1. The molecule has 0 unspecified atom stereocenters. The fourth-order valence-electron chi connectivity index (χ4n) is 2.38. The Balaban J connectivity index is 2.18. The minimum atomic E-state index is -0.214. The maximum Gasteiger partial charge on any atom is 0.271 e. The van der Waals surface area contributed by atoms with Gasteiger partial charge in [-0.2, -0.15) is 5.10 Å². The van der Waals surface area contributed by atoms with Crippen molar-refractivity contribution in [3.8, 4) is 0 Å². The van der Waals surface area contributed by atoms with Gasteiger partial charge in [-0.3, -0.25) is 9.48 Å². The number of nitrogens with zero attached hydrogens (tertiary/aromatic N) is 3. The Labute approximate surface area is 122 Å². The number of hydrogen-bond acceptors (Lipinski definition) is 5. The van der Waals surface area contributed by atoms with Crippen molar-refractivity contribution in [3.05, 3.63) is 28.0 Å². The number of anilines is 1. The Morgan fingerprint density at radius 1 is 1.55 bits per heavy atom. The number of carbonyl (C=O) groups is 1. The van der Waals surface area contributed by atoms with Crippen LogP contribution in [0, 0.1) is 13.8 Å². The van der Waals surface area contributed by atoms with Crippen LogP contribution in [0.1, 0.15) is 47.3 Å². The molecule has 108 valence electrons. The van der Waals surface area contributed by atoms with Crippen molar-refractivity contribution < 1.29 is 4.79 Å². The second kappa shape index (κ2) is 5.62. The van der Waals surface area contributed by atoms with E-state index in [9.17, 15) is 4.79 Å². The fourth-order valence-corrected chi connectivity index (χ4v) is 2.92. The van der Waals surface area contributed by atoms with Gasteiger partial charge >= 0.3 is 0 Å². The first-order valence-electron chi connectivity index (χ1n) is 6.49. The van der Waals surface area contributed by atoms with Crippen LogP contribution in [0.15, 0.2) is 5.38 Å². The standard InChI is InChI=1S/C13H19N5OS/c1-5-18-9(4)11(8(3)17-18)7(2)15-12(19)10-6-20-13(14)16-10/h6-7H,5H2,1-4H3,(H2,14,16)(H,15,19)/t7-/m0/s1. The molecule has 6 nitrogen and oxygen atoms in total. The van der Waals surface area contributed by atoms with Crippen LogP contribution in [0.2, 0.25) is 0 Å². The number of rotatable bonds is 4. The summed E-state index contributed by atoms with van der Waals surface area (Å²) in [6.45, 7) is 8.78. The lowest BCUT2D eigenvalue weighted by Gasteiger charge is -2.14. The van der Waals surface area contributed by atoms with Crippen LogP contribution in [0.25, 0.3) is 0 Å². The van der Waals surface area contributed by atoms with Crippen LogP contribution in [0.4, 0.5) is 5.13 Å². The lowest BCUT2D eigenvalue weighted by Crippen LogP contribution is -2.27. The first-order chi connectivity index (χ1) is 9.43. The average molecular weight is 293 g/mol. The highest BCUT2D eigenvalue weighted by Gasteiger charge is 2.20. The average Bonchev–Trinajstić information content (AvgIpc) is 2.93. The number of aromatic nitrogens is 3. The first-order valence-corrected chi connectivity index (χ1v) is 7.37. The van der Waals surface area contributed by atoms with Crippen molar-refractivity contribution in [1.29, 1.82) is 0 Å². The highest BCUT2D eigenvalue weighted by molar-refractivity contribution is 7.13. The van der Waals surface area contributed by atoms with Crippen LogP contribution in [0.3, 0.4) is 0 Å². The molecule has 0 bridgehead atoms. The van der Waals surface area contributed by atoms with Crippen LogP contribution in [0.5, 0.6) is 0 Å². The predicted octanol–water partition coefficient (Wildman–Crippen LogP) is 2.05. The Hall–Kier alpha value is -1.89. The number of thiazole rings is 1. The largest absolute Gasteiger partial charge is 0.375 e. The molecule has 0 aromatic carbocycles. The van der Waals surface area contributed by atoms with Crippen molar-refractivity contribution in [2.75, 3.05) is 5.73 Å². The zero-order valence-corrected chi connectivity index (χ0v) is 12.9. The molecule has 1 atom stereocenters. The molecule has 0 spiro atoms. The molecular formula is C13H19N5OS. The van der Waals surface area contributed by atoms with Gasteiger partial charge in [-0.15, -0.1) is 11.3 Å². The molecule has 2 rings (SSSR count). The fraction of sp³-hybridized carbons (Fsp3) is 0.462. The Morgan fingerprint density at radius 2 is 2.25 bits per heavy atom. The maximum atomic E-state index is 12.1. The van der Waals surface area contributed by atoms with E-state index in [0.29, 0.717) is 10.8 Å². The minimum absolute atomic E-state index is 0.120. The molecular weight excluding hydrogens is 274 g/mol. The summed E-state index contributed by atoms with van der Waals surface area (Å²) in [4.78, 5) is 16.1. The maximum absolute atomic E-state index is 12.1. The van der Waals surface area contributed by atoms with Gasteiger partial charge in [-0.1, -0.05) is 0 Å². The van der Waals surface area contributed by atoms with E-state index in [2.05, 4.69) is 15.4 Å². The van der Waals surface area contributed by atoms with Gasteiger partial charge in [0.25, 0.3) is 5.91 Å². The van der Waals surface area contributed by atoms with Crippen LogP contribution < -0.4 is 11.1 Å². The summed E-state index contributed by atoms with van der Waals surface area (Å²) < 4.78 is 1.94. The summed E-state index contributed by atoms with van der Waals surface area (Å²) >= 11 is 1.26. The van der Waals surface area contributed by atoms with Gasteiger partial charge in [0.15, 0.2) is 5.13 Å². The van der Waals surface area contributed by atoms with Gasteiger partial charge in [-0.25, -0.2) is 4.98 Å². The monoisotopic (exact) mass is 293 g/mol. The van der Waals surface area contributed by atoms with E-state index in [0.717, 1.165) is 23.5 Å². The number of carbonyl (C=O) groups excluding carboxylic acids is 1. The summed E-state index contributed by atoms with van der Waals surface area (Å²) in [5, 5.41) is 9.46. The predicted molar refractivity (Wildman–Crippen MR) is 79.8 cm³/mol. The summed E-state index contributed by atoms with van der Waals surface area (Å²) in [7, 11) is 0. The number of amides is 1. The van der Waals surface area contributed by atoms with Gasteiger partial charge in [0.1, 0.15) is 5.69 Å². The summed E-state index contributed by atoms with van der Waals surface area (Å²) in [5.74, 6) is -0.214. The molecule has 0 aliphatic heterocycles. The molecule has 20 heavy (non-hydrogen) atoms. The molecule has 7 heteroatoms. The Bertz CT molecular complexity index is 631. The normalized spacial score (nSPS) is 12.4. The number of nitrogen functional groups attached to an aromatic ring is 1. The molecule has 2 aromatic heterocycles. The zero-order chi connectivity index (χ0) is 14.9. The summed E-state index contributed by atoms with van der Waals surface area (Å²) in [6.07, 6.45) is 0. The van der Waals surface area contributed by atoms with E-state index in [4.69, 9.17) is 5.73 Å². The second-order valence-electron chi connectivity index (χ2n) is 4.67. The van der Waals surface area contributed by atoms with E-state index in [-0.39, 0.29) is 11.9 Å². The zero-order valence-electron chi connectivity index (χ0n) is 12.1. The van der Waals surface area contributed by atoms with Gasteiger partial charge in [-0.05, 0) is 27.7 Å². The minimum Gasteiger partial charge on any atom is -0.375 e. The van der Waals surface area contributed by atoms with E-state index in [1.807, 2.05) is 32.4 Å². The van der Waals surface area contributed by atoms with Crippen LogP contribution in [-0.4, -0.2) is 20.7 Å². The molecule has 0 saturated carbocycles. The third-order valence-corrected chi connectivity index (χ3v) is 3.95. The molecule has 2 aromatic rings. The quantitative estimate of drug-likeness (QED) is 0.903. The van der Waals surface area contributed by atoms with Crippen molar-refractivity contribution in [2.45, 2.75) is 40.3 Å². The smallest absolute Gasteiger partial charge is 0.271 e. The Morgan fingerprint density at radius 3 is 2.75 bits per heavy atom. The second-order valence-corrected chi connectivity index (χ2v) is 5.56. The topological polar surface area (TPSA) is 85.8 Å². The molecule has 3 N–H and O–H groups in total.